The molecule has 3 rings (SSSR count). The van der Waals surface area contributed by atoms with Crippen molar-refractivity contribution in [3.63, 3.8) is 0 Å². The number of carbonyl (C=O) groups is 2. The molecule has 0 aliphatic carbocycles. The summed E-state index contributed by atoms with van der Waals surface area (Å²) in [4.78, 5) is 25.7. The molecule has 28 heavy (non-hydrogen) atoms. The van der Waals surface area contributed by atoms with Crippen molar-refractivity contribution in [2.45, 2.75) is 25.4 Å². The van der Waals surface area contributed by atoms with Gasteiger partial charge in [0, 0.05) is 10.6 Å². The van der Waals surface area contributed by atoms with Crippen molar-refractivity contribution in [2.75, 3.05) is 0 Å². The zero-order chi connectivity index (χ0) is 20.8. The molecule has 1 unspecified atom stereocenters. The summed E-state index contributed by atoms with van der Waals surface area (Å²) < 4.78 is 67.9. The number of carbonyl (C=O) groups excluding carboxylic acids is 2. The van der Waals surface area contributed by atoms with Gasteiger partial charge in [-0.25, -0.2) is 26.7 Å². The molecule has 1 saturated heterocycles. The number of hydrogen-bond donors (Lipinski definition) is 1. The zero-order valence-corrected chi connectivity index (χ0v) is 15.0. The van der Waals surface area contributed by atoms with Crippen molar-refractivity contribution in [3.8, 4) is 0 Å². The summed E-state index contributed by atoms with van der Waals surface area (Å²) in [5.41, 5.74) is -2.47. The van der Waals surface area contributed by atoms with Gasteiger partial charge in [0.1, 0.15) is 5.54 Å². The molecular weight excluding hydrogens is 407 g/mol. The van der Waals surface area contributed by atoms with Gasteiger partial charge in [-0.1, -0.05) is 30.7 Å². The molecule has 0 aromatic heterocycles. The number of amides is 3. The van der Waals surface area contributed by atoms with Gasteiger partial charge in [-0.3, -0.25) is 9.69 Å². The van der Waals surface area contributed by atoms with Gasteiger partial charge in [0.05, 0.1) is 6.54 Å². The van der Waals surface area contributed by atoms with Gasteiger partial charge in [0.15, 0.2) is 23.3 Å². The van der Waals surface area contributed by atoms with E-state index in [2.05, 4.69) is 5.32 Å². The van der Waals surface area contributed by atoms with Crippen LogP contribution in [0.1, 0.15) is 24.5 Å². The maximum absolute atomic E-state index is 13.9. The molecule has 0 spiro atoms. The molecule has 1 aliphatic rings. The monoisotopic (exact) mass is 418 g/mol. The highest BCUT2D eigenvalue weighted by Gasteiger charge is 2.51. The van der Waals surface area contributed by atoms with Gasteiger partial charge in [0.25, 0.3) is 5.91 Å². The van der Waals surface area contributed by atoms with Gasteiger partial charge in [-0.15, -0.1) is 0 Å². The van der Waals surface area contributed by atoms with E-state index < -0.39 is 58.7 Å². The van der Waals surface area contributed by atoms with Crippen LogP contribution in [0.15, 0.2) is 24.3 Å². The summed E-state index contributed by atoms with van der Waals surface area (Å²) in [7, 11) is 0. The van der Waals surface area contributed by atoms with Crippen LogP contribution in [0.25, 0.3) is 0 Å². The lowest BCUT2D eigenvalue weighted by Crippen LogP contribution is -2.43. The van der Waals surface area contributed by atoms with Crippen LogP contribution in [-0.2, 0) is 16.9 Å². The van der Waals surface area contributed by atoms with E-state index in [0.717, 1.165) is 0 Å². The molecule has 1 aliphatic heterocycles. The highest BCUT2D eigenvalue weighted by molar-refractivity contribution is 6.30. The Bertz CT molecular complexity index is 954. The van der Waals surface area contributed by atoms with Crippen LogP contribution in [0.4, 0.5) is 26.7 Å². The molecule has 148 valence electrons. The minimum Gasteiger partial charge on any atom is -0.319 e. The highest BCUT2D eigenvalue weighted by atomic mass is 35.5. The Hall–Kier alpha value is -2.68. The van der Waals surface area contributed by atoms with Crippen molar-refractivity contribution in [2.24, 2.45) is 0 Å². The largest absolute Gasteiger partial charge is 0.325 e. The van der Waals surface area contributed by atoms with Gasteiger partial charge >= 0.3 is 6.03 Å². The van der Waals surface area contributed by atoms with Crippen LogP contribution in [0.3, 0.4) is 0 Å². The number of halogens is 6. The SMILES string of the molecule is CCC1(c2ccc(Cl)cc2)NC(=O)N(Cc2c(F)c(F)c(F)c(F)c2F)C1=O. The normalized spacial score (nSPS) is 19.3. The average molecular weight is 419 g/mol. The van der Waals surface area contributed by atoms with Crippen LogP contribution in [0, 0.1) is 29.1 Å². The highest BCUT2D eigenvalue weighted by Crippen LogP contribution is 2.35. The summed E-state index contributed by atoms with van der Waals surface area (Å²) >= 11 is 5.82. The second kappa shape index (κ2) is 7.05. The first-order chi connectivity index (χ1) is 13.1. The van der Waals surface area contributed by atoms with Gasteiger partial charge in [-0.2, -0.15) is 0 Å². The van der Waals surface area contributed by atoms with E-state index in [4.69, 9.17) is 11.6 Å². The lowest BCUT2D eigenvalue weighted by Gasteiger charge is -2.26. The maximum atomic E-state index is 13.9. The molecule has 2 aromatic rings. The van der Waals surface area contributed by atoms with Crippen LogP contribution < -0.4 is 5.32 Å². The first-order valence-electron chi connectivity index (χ1n) is 8.04. The number of hydrogen-bond acceptors (Lipinski definition) is 2. The number of benzene rings is 2. The lowest BCUT2D eigenvalue weighted by molar-refractivity contribution is -0.132. The minimum atomic E-state index is -2.32. The molecule has 10 heteroatoms. The third-order valence-electron chi connectivity index (χ3n) is 4.66. The Labute approximate surface area is 160 Å². The van der Waals surface area contributed by atoms with E-state index in [1.165, 1.54) is 24.3 Å². The number of nitrogens with zero attached hydrogens (tertiary/aromatic N) is 1. The Balaban J connectivity index is 2.03. The smallest absolute Gasteiger partial charge is 0.319 e. The van der Waals surface area contributed by atoms with Gasteiger partial charge in [0.2, 0.25) is 5.82 Å². The predicted octanol–water partition coefficient (Wildman–Crippen LogP) is 4.39. The topological polar surface area (TPSA) is 49.4 Å². The predicted molar refractivity (Wildman–Crippen MR) is 88.7 cm³/mol. The van der Waals surface area contributed by atoms with Gasteiger partial charge in [-0.05, 0) is 24.1 Å². The van der Waals surface area contributed by atoms with Crippen LogP contribution in [0.2, 0.25) is 5.02 Å². The molecule has 0 saturated carbocycles. The fraction of sp³-hybridized carbons (Fsp3) is 0.222. The fourth-order valence-electron chi connectivity index (χ4n) is 3.09. The first-order valence-corrected chi connectivity index (χ1v) is 8.42. The Morgan fingerprint density at radius 1 is 0.929 bits per heavy atom. The Morgan fingerprint density at radius 2 is 1.43 bits per heavy atom. The van der Waals surface area contributed by atoms with Crippen LogP contribution in [0.5, 0.6) is 0 Å². The van der Waals surface area contributed by atoms with E-state index in [1.54, 1.807) is 6.92 Å². The molecule has 4 nitrogen and oxygen atoms in total. The van der Waals surface area contributed by atoms with Crippen molar-refractivity contribution < 1.29 is 31.5 Å². The quantitative estimate of drug-likeness (QED) is 0.346. The summed E-state index contributed by atoms with van der Waals surface area (Å²) in [6.45, 7) is 0.473. The molecule has 0 radical (unpaired) electrons. The summed E-state index contributed by atoms with van der Waals surface area (Å²) in [5.74, 6) is -11.7. The standard InChI is InChI=1S/C18H12ClF5N2O2/c1-2-18(8-3-5-9(19)6-4-8)16(27)26(17(28)25-18)7-10-11(20)13(22)15(24)14(23)12(10)21/h3-6H,2,7H2,1H3,(H,25,28). The van der Waals surface area contributed by atoms with E-state index in [9.17, 15) is 31.5 Å². The fourth-order valence-corrected chi connectivity index (χ4v) is 3.22. The Morgan fingerprint density at radius 3 is 1.93 bits per heavy atom. The molecule has 1 fully saturated rings. The number of urea groups is 1. The molecule has 0 bridgehead atoms. The summed E-state index contributed by atoms with van der Waals surface area (Å²) in [6, 6.07) is 4.93. The molecular formula is C18H12ClF5N2O2. The van der Waals surface area contributed by atoms with Crippen molar-refractivity contribution in [3.05, 3.63) is 69.5 Å². The van der Waals surface area contributed by atoms with Gasteiger partial charge < -0.3 is 5.32 Å². The third-order valence-corrected chi connectivity index (χ3v) is 4.91. The molecule has 2 aromatic carbocycles. The number of imide groups is 1. The minimum absolute atomic E-state index is 0.0762. The Kier molecular flexibility index (Phi) is 5.05. The zero-order valence-electron chi connectivity index (χ0n) is 14.3. The maximum Gasteiger partial charge on any atom is 0.325 e. The second-order valence-corrected chi connectivity index (χ2v) is 6.57. The molecule has 1 heterocycles. The van der Waals surface area contributed by atoms with Crippen molar-refractivity contribution in [1.29, 1.82) is 0 Å². The lowest BCUT2D eigenvalue weighted by atomic mass is 9.87. The number of rotatable bonds is 4. The first kappa shape index (κ1) is 20.1. The molecule has 3 amide bonds. The molecule has 1 atom stereocenters. The summed E-state index contributed by atoms with van der Waals surface area (Å²) in [6.07, 6.45) is 0.0762. The summed E-state index contributed by atoms with van der Waals surface area (Å²) in [5, 5.41) is 2.82. The molecule has 1 N–H and O–H groups in total. The van der Waals surface area contributed by atoms with E-state index in [0.29, 0.717) is 15.5 Å². The van der Waals surface area contributed by atoms with E-state index in [-0.39, 0.29) is 6.42 Å². The van der Waals surface area contributed by atoms with Crippen LogP contribution in [-0.4, -0.2) is 16.8 Å². The van der Waals surface area contributed by atoms with E-state index in [1.807, 2.05) is 0 Å². The van der Waals surface area contributed by atoms with Crippen LogP contribution >= 0.6 is 11.6 Å². The van der Waals surface area contributed by atoms with E-state index >= 15 is 0 Å². The van der Waals surface area contributed by atoms with Crippen molar-refractivity contribution >= 4 is 23.5 Å². The average Bonchev–Trinajstić information content (AvgIpc) is 2.93. The third kappa shape index (κ3) is 2.90. The van der Waals surface area contributed by atoms with Crippen molar-refractivity contribution in [1.82, 2.24) is 10.2 Å². The number of nitrogens with one attached hydrogen (secondary N) is 1. The second-order valence-electron chi connectivity index (χ2n) is 6.14.